The van der Waals surface area contributed by atoms with E-state index in [0.717, 1.165) is 18.2 Å². The normalized spacial score (nSPS) is 11.3. The number of para-hydroxylation sites is 1. The molecule has 0 unspecified atom stereocenters. The van der Waals surface area contributed by atoms with Gasteiger partial charge < -0.3 is 10.4 Å². The fourth-order valence-electron chi connectivity index (χ4n) is 1.90. The molecule has 0 aliphatic carbocycles. The van der Waals surface area contributed by atoms with Crippen LogP contribution in [-0.4, -0.2) is 11.1 Å². The fourth-order valence-corrected chi connectivity index (χ4v) is 2.07. The van der Waals surface area contributed by atoms with Gasteiger partial charge in [-0.25, -0.2) is 0 Å². The zero-order valence-electron chi connectivity index (χ0n) is 11.1. The molecule has 2 aromatic carbocycles. The SMILES string of the molecule is O=C(O)Cc1ccccc1Nc1cc(C(F)(F)F)ccc1Cl. The van der Waals surface area contributed by atoms with Gasteiger partial charge in [0.1, 0.15) is 0 Å². The van der Waals surface area contributed by atoms with E-state index in [1.807, 2.05) is 0 Å². The van der Waals surface area contributed by atoms with E-state index in [1.165, 1.54) is 0 Å². The van der Waals surface area contributed by atoms with Gasteiger partial charge in [0, 0.05) is 5.69 Å². The number of halogens is 4. The molecule has 22 heavy (non-hydrogen) atoms. The lowest BCUT2D eigenvalue weighted by Gasteiger charge is -2.14. The molecule has 0 atom stereocenters. The molecular weight excluding hydrogens is 319 g/mol. The van der Waals surface area contributed by atoms with Crippen molar-refractivity contribution in [2.24, 2.45) is 0 Å². The van der Waals surface area contributed by atoms with Crippen molar-refractivity contribution in [3.05, 3.63) is 58.6 Å². The lowest BCUT2D eigenvalue weighted by Crippen LogP contribution is -2.07. The lowest BCUT2D eigenvalue weighted by molar-refractivity contribution is -0.138. The highest BCUT2D eigenvalue weighted by Crippen LogP contribution is 2.35. The quantitative estimate of drug-likeness (QED) is 0.852. The summed E-state index contributed by atoms with van der Waals surface area (Å²) in [5, 5.41) is 11.7. The topological polar surface area (TPSA) is 49.3 Å². The zero-order chi connectivity index (χ0) is 16.3. The lowest BCUT2D eigenvalue weighted by atomic mass is 10.1. The molecule has 0 heterocycles. The van der Waals surface area contributed by atoms with E-state index in [2.05, 4.69) is 5.32 Å². The van der Waals surface area contributed by atoms with Gasteiger partial charge in [0.15, 0.2) is 0 Å². The Kier molecular flexibility index (Phi) is 4.61. The molecule has 2 rings (SSSR count). The Labute approximate surface area is 129 Å². The summed E-state index contributed by atoms with van der Waals surface area (Å²) in [6.45, 7) is 0. The number of aliphatic carboxylic acids is 1. The van der Waals surface area contributed by atoms with Crippen molar-refractivity contribution in [3.8, 4) is 0 Å². The maximum absolute atomic E-state index is 12.7. The number of alkyl halides is 3. The summed E-state index contributed by atoms with van der Waals surface area (Å²) in [4.78, 5) is 10.8. The molecular formula is C15H11ClF3NO2. The third-order valence-corrected chi connectivity index (χ3v) is 3.25. The van der Waals surface area contributed by atoms with Gasteiger partial charge in [0.2, 0.25) is 0 Å². The second-order valence-electron chi connectivity index (χ2n) is 4.55. The van der Waals surface area contributed by atoms with E-state index >= 15 is 0 Å². The second-order valence-corrected chi connectivity index (χ2v) is 4.95. The van der Waals surface area contributed by atoms with Gasteiger partial charge >= 0.3 is 12.1 Å². The number of anilines is 2. The molecule has 0 saturated carbocycles. The Morgan fingerprint density at radius 1 is 1.14 bits per heavy atom. The molecule has 0 aliphatic heterocycles. The van der Waals surface area contributed by atoms with Gasteiger partial charge in [-0.3, -0.25) is 4.79 Å². The number of carbonyl (C=O) groups is 1. The molecule has 0 amide bonds. The predicted octanol–water partition coefficient (Wildman–Crippen LogP) is 4.73. The highest BCUT2D eigenvalue weighted by atomic mass is 35.5. The molecule has 0 aromatic heterocycles. The van der Waals surface area contributed by atoms with Crippen molar-refractivity contribution in [1.29, 1.82) is 0 Å². The van der Waals surface area contributed by atoms with Crippen LogP contribution in [0.15, 0.2) is 42.5 Å². The van der Waals surface area contributed by atoms with E-state index in [1.54, 1.807) is 24.3 Å². The highest BCUT2D eigenvalue weighted by Gasteiger charge is 2.31. The van der Waals surface area contributed by atoms with E-state index in [-0.39, 0.29) is 17.1 Å². The Balaban J connectivity index is 2.37. The number of benzene rings is 2. The summed E-state index contributed by atoms with van der Waals surface area (Å²) in [5.74, 6) is -1.04. The van der Waals surface area contributed by atoms with E-state index in [4.69, 9.17) is 16.7 Å². The maximum Gasteiger partial charge on any atom is 0.416 e. The average Bonchev–Trinajstić information content (AvgIpc) is 2.41. The molecule has 0 fully saturated rings. The van der Waals surface area contributed by atoms with E-state index < -0.39 is 17.7 Å². The predicted molar refractivity (Wildman–Crippen MR) is 77.5 cm³/mol. The molecule has 116 valence electrons. The standard InChI is InChI=1S/C15H11ClF3NO2/c16-11-6-5-10(15(17,18)19)8-13(11)20-12-4-2-1-3-9(12)7-14(21)22/h1-6,8,20H,7H2,(H,21,22). The van der Waals surface area contributed by atoms with E-state index in [0.29, 0.717) is 11.3 Å². The van der Waals surface area contributed by atoms with Crippen LogP contribution in [0.2, 0.25) is 5.02 Å². The van der Waals surface area contributed by atoms with Crippen LogP contribution in [0.4, 0.5) is 24.5 Å². The first-order valence-electron chi connectivity index (χ1n) is 6.21. The van der Waals surface area contributed by atoms with Crippen LogP contribution < -0.4 is 5.32 Å². The summed E-state index contributed by atoms with van der Waals surface area (Å²) in [6, 6.07) is 9.38. The van der Waals surface area contributed by atoms with Gasteiger partial charge in [0.05, 0.1) is 22.7 Å². The molecule has 0 bridgehead atoms. The molecule has 2 aromatic rings. The first-order valence-corrected chi connectivity index (χ1v) is 6.58. The smallest absolute Gasteiger partial charge is 0.416 e. The summed E-state index contributed by atoms with van der Waals surface area (Å²) < 4.78 is 38.2. The third-order valence-electron chi connectivity index (χ3n) is 2.92. The van der Waals surface area contributed by atoms with Crippen LogP contribution in [0, 0.1) is 0 Å². The Morgan fingerprint density at radius 3 is 2.45 bits per heavy atom. The average molecular weight is 330 g/mol. The number of rotatable bonds is 4. The Bertz CT molecular complexity index is 701. The molecule has 0 saturated heterocycles. The monoisotopic (exact) mass is 329 g/mol. The van der Waals surface area contributed by atoms with Crippen molar-refractivity contribution in [2.75, 3.05) is 5.32 Å². The summed E-state index contributed by atoms with van der Waals surface area (Å²) in [5.41, 5.74) is 0.0686. The molecule has 0 spiro atoms. The Hall–Kier alpha value is -2.21. The van der Waals surface area contributed by atoms with E-state index in [9.17, 15) is 18.0 Å². The summed E-state index contributed by atoms with van der Waals surface area (Å²) in [7, 11) is 0. The van der Waals surface area contributed by atoms with Crippen molar-refractivity contribution < 1.29 is 23.1 Å². The molecule has 7 heteroatoms. The number of carboxylic acid groups (broad SMARTS) is 1. The number of hydrogen-bond acceptors (Lipinski definition) is 2. The van der Waals surface area contributed by atoms with Crippen LogP contribution in [0.1, 0.15) is 11.1 Å². The van der Waals surface area contributed by atoms with Gasteiger partial charge in [-0.1, -0.05) is 29.8 Å². The Morgan fingerprint density at radius 2 is 1.82 bits per heavy atom. The summed E-state index contributed by atoms with van der Waals surface area (Å²) >= 11 is 5.91. The van der Waals surface area contributed by atoms with Crippen molar-refractivity contribution >= 4 is 28.9 Å². The van der Waals surface area contributed by atoms with Crippen molar-refractivity contribution in [2.45, 2.75) is 12.6 Å². The van der Waals surface area contributed by atoms with Crippen LogP contribution in [0.5, 0.6) is 0 Å². The zero-order valence-corrected chi connectivity index (χ0v) is 11.9. The first kappa shape index (κ1) is 16.2. The van der Waals surface area contributed by atoms with Crippen LogP contribution in [0.25, 0.3) is 0 Å². The summed E-state index contributed by atoms with van der Waals surface area (Å²) in [6.07, 6.45) is -4.73. The minimum absolute atomic E-state index is 0.0642. The van der Waals surface area contributed by atoms with Gasteiger partial charge in [-0.05, 0) is 29.8 Å². The number of hydrogen-bond donors (Lipinski definition) is 2. The highest BCUT2D eigenvalue weighted by molar-refractivity contribution is 6.33. The molecule has 0 aliphatic rings. The van der Waals surface area contributed by atoms with Crippen LogP contribution in [0.3, 0.4) is 0 Å². The van der Waals surface area contributed by atoms with Gasteiger partial charge in [0.25, 0.3) is 0 Å². The third kappa shape index (κ3) is 3.92. The number of nitrogens with one attached hydrogen (secondary N) is 1. The largest absolute Gasteiger partial charge is 0.481 e. The van der Waals surface area contributed by atoms with Gasteiger partial charge in [-0.15, -0.1) is 0 Å². The van der Waals surface area contributed by atoms with Crippen LogP contribution >= 0.6 is 11.6 Å². The van der Waals surface area contributed by atoms with Gasteiger partial charge in [-0.2, -0.15) is 13.2 Å². The molecule has 2 N–H and O–H groups in total. The first-order chi connectivity index (χ1) is 10.3. The van der Waals surface area contributed by atoms with Crippen LogP contribution in [-0.2, 0) is 17.4 Å². The molecule has 3 nitrogen and oxygen atoms in total. The maximum atomic E-state index is 12.7. The molecule has 0 radical (unpaired) electrons. The number of carboxylic acids is 1. The fraction of sp³-hybridized carbons (Fsp3) is 0.133. The minimum atomic E-state index is -4.48. The minimum Gasteiger partial charge on any atom is -0.481 e. The van der Waals surface area contributed by atoms with Crippen molar-refractivity contribution in [3.63, 3.8) is 0 Å². The second kappa shape index (κ2) is 6.27. The van der Waals surface area contributed by atoms with Crippen molar-refractivity contribution in [1.82, 2.24) is 0 Å².